The lowest BCUT2D eigenvalue weighted by molar-refractivity contribution is 0.0692. The number of hydrogen-bond acceptors (Lipinski definition) is 6. The smallest absolute Gasteiger partial charge is 0.336 e. The van der Waals surface area contributed by atoms with Gasteiger partial charge >= 0.3 is 5.97 Å². The highest BCUT2D eigenvalue weighted by Gasteiger charge is 2.30. The van der Waals surface area contributed by atoms with Crippen molar-refractivity contribution in [3.8, 4) is 11.5 Å². The molecular weight excluding hydrogens is 328 g/mol. The van der Waals surface area contributed by atoms with E-state index in [9.17, 15) is 25.2 Å². The van der Waals surface area contributed by atoms with E-state index in [4.69, 9.17) is 9.15 Å². The van der Waals surface area contributed by atoms with Crippen LogP contribution in [0.1, 0.15) is 38.2 Å². The number of phenolic OH excluding ortho intramolecular Hbond substituents is 1. The van der Waals surface area contributed by atoms with Crippen LogP contribution in [0.3, 0.4) is 0 Å². The van der Waals surface area contributed by atoms with Gasteiger partial charge in [-0.3, -0.25) is 0 Å². The van der Waals surface area contributed by atoms with Gasteiger partial charge in [0, 0.05) is 16.5 Å². The van der Waals surface area contributed by atoms with Crippen LogP contribution < -0.4 is 0 Å². The summed E-state index contributed by atoms with van der Waals surface area (Å²) in [6.07, 6.45) is 0. The number of fused-ring (bicyclic) bond motifs is 4. The number of aliphatic hydroxyl groups is 1. The van der Waals surface area contributed by atoms with Crippen molar-refractivity contribution in [1.29, 1.82) is 0 Å². The Hall–Kier alpha value is -2.77. The van der Waals surface area contributed by atoms with Gasteiger partial charge in [-0.15, -0.1) is 0 Å². The molecular formula is C18H16O7. The molecule has 0 saturated carbocycles. The molecule has 0 saturated heterocycles. The summed E-state index contributed by atoms with van der Waals surface area (Å²) >= 11 is 0. The summed E-state index contributed by atoms with van der Waals surface area (Å²) in [6.45, 7) is 3.37. The summed E-state index contributed by atoms with van der Waals surface area (Å²) in [7, 11) is 0. The van der Waals surface area contributed by atoms with Crippen molar-refractivity contribution in [2.45, 2.75) is 33.7 Å². The number of benzene rings is 2. The van der Waals surface area contributed by atoms with Crippen molar-refractivity contribution >= 4 is 27.9 Å². The molecule has 7 nitrogen and oxygen atoms in total. The average Bonchev–Trinajstić information content (AvgIpc) is 3.20. The lowest BCUT2D eigenvalue weighted by atomic mass is 9.93. The molecule has 0 amide bonds. The third-order valence-electron chi connectivity index (χ3n) is 5.01. The molecule has 0 bridgehead atoms. The molecule has 25 heavy (non-hydrogen) atoms. The molecule has 0 unspecified atom stereocenters. The highest BCUT2D eigenvalue weighted by atomic mass is 16.5. The summed E-state index contributed by atoms with van der Waals surface area (Å²) in [5, 5.41) is 40.9. The molecule has 4 rings (SSSR count). The molecule has 1 aromatic heterocycles. The van der Waals surface area contributed by atoms with Crippen LogP contribution >= 0.6 is 0 Å². The van der Waals surface area contributed by atoms with Crippen LogP contribution in [0.4, 0.5) is 0 Å². The number of aromatic hydroxyl groups is 2. The summed E-state index contributed by atoms with van der Waals surface area (Å²) in [5.41, 5.74) is 2.71. The zero-order valence-electron chi connectivity index (χ0n) is 13.6. The quantitative estimate of drug-likeness (QED) is 0.564. The summed E-state index contributed by atoms with van der Waals surface area (Å²) < 4.78 is 11.2. The predicted octanol–water partition coefficient (Wildman–Crippen LogP) is 2.83. The summed E-state index contributed by atoms with van der Waals surface area (Å²) in [5.74, 6) is -1.72. The number of furan rings is 1. The number of carbonyl (C=O) groups is 1. The Morgan fingerprint density at radius 3 is 2.32 bits per heavy atom. The van der Waals surface area contributed by atoms with E-state index >= 15 is 0 Å². The van der Waals surface area contributed by atoms with E-state index in [-0.39, 0.29) is 29.1 Å². The van der Waals surface area contributed by atoms with Crippen molar-refractivity contribution in [3.05, 3.63) is 33.4 Å². The van der Waals surface area contributed by atoms with Crippen LogP contribution in [-0.4, -0.2) is 26.4 Å². The molecule has 0 aliphatic carbocycles. The minimum absolute atomic E-state index is 0.0255. The maximum Gasteiger partial charge on any atom is 0.336 e. The molecule has 0 atom stereocenters. The average molecular weight is 344 g/mol. The van der Waals surface area contributed by atoms with Gasteiger partial charge < -0.3 is 29.6 Å². The molecule has 0 fully saturated rings. The lowest BCUT2D eigenvalue weighted by Gasteiger charge is -2.11. The number of carboxylic acids is 1. The summed E-state index contributed by atoms with van der Waals surface area (Å²) in [4.78, 5) is 11.7. The van der Waals surface area contributed by atoms with E-state index < -0.39 is 18.3 Å². The van der Waals surface area contributed by atoms with Gasteiger partial charge in [-0.1, -0.05) is 0 Å². The third-order valence-corrected chi connectivity index (χ3v) is 5.01. The predicted molar refractivity (Wildman–Crippen MR) is 87.9 cm³/mol. The van der Waals surface area contributed by atoms with Crippen LogP contribution in [0.25, 0.3) is 21.9 Å². The van der Waals surface area contributed by atoms with Crippen molar-refractivity contribution in [1.82, 2.24) is 0 Å². The number of aromatic carboxylic acids is 1. The van der Waals surface area contributed by atoms with Crippen LogP contribution in [0.2, 0.25) is 0 Å². The number of phenols is 2. The lowest BCUT2D eigenvalue weighted by Crippen LogP contribution is -2.06. The number of carboxylic acid groups (broad SMARTS) is 1. The molecule has 1 aliphatic heterocycles. The Balaban J connectivity index is 2.29. The Morgan fingerprint density at radius 1 is 1.00 bits per heavy atom. The van der Waals surface area contributed by atoms with Gasteiger partial charge in [0.1, 0.15) is 11.3 Å². The zero-order chi connectivity index (χ0) is 18.0. The molecule has 0 spiro atoms. The minimum atomic E-state index is -1.27. The fraction of sp³-hybridized carbons (Fsp3) is 0.278. The van der Waals surface area contributed by atoms with Gasteiger partial charge in [0.05, 0.1) is 30.8 Å². The number of aryl methyl sites for hydroxylation is 2. The van der Waals surface area contributed by atoms with Gasteiger partial charge in [-0.05, 0) is 30.5 Å². The molecule has 4 N–H and O–H groups in total. The molecule has 3 aromatic rings. The van der Waals surface area contributed by atoms with Crippen molar-refractivity contribution in [2.75, 3.05) is 0 Å². The van der Waals surface area contributed by atoms with Gasteiger partial charge in [-0.2, -0.15) is 0 Å². The zero-order valence-corrected chi connectivity index (χ0v) is 13.6. The molecule has 2 aromatic carbocycles. The highest BCUT2D eigenvalue weighted by Crippen LogP contribution is 2.48. The standard InChI is InChI=1S/C18H16O7/c1-6-9-4-24-5-10(9)14(20)13-12-7(2)11(18(22)23)8(3-19)15(21)17(12)25-16(6)13/h19-21H,3-5H2,1-2H3,(H,22,23). The largest absolute Gasteiger partial charge is 0.507 e. The van der Waals surface area contributed by atoms with E-state index in [1.165, 1.54) is 0 Å². The fourth-order valence-electron chi connectivity index (χ4n) is 3.76. The number of aliphatic hydroxyl groups excluding tert-OH is 1. The first kappa shape index (κ1) is 15.7. The SMILES string of the molecule is Cc1c2c(c(O)c3c1oc1c(O)c(CO)c(C(=O)O)c(C)c13)COC2. The van der Waals surface area contributed by atoms with E-state index in [0.717, 1.165) is 11.1 Å². The first-order valence-electron chi connectivity index (χ1n) is 7.74. The monoisotopic (exact) mass is 344 g/mol. The van der Waals surface area contributed by atoms with Crippen molar-refractivity contribution < 1.29 is 34.4 Å². The number of hydrogen-bond donors (Lipinski definition) is 4. The summed E-state index contributed by atoms with van der Waals surface area (Å²) in [6, 6.07) is 0. The Bertz CT molecular complexity index is 1080. The maximum atomic E-state index is 11.7. The third kappa shape index (κ3) is 1.85. The molecule has 0 radical (unpaired) electrons. The second-order valence-corrected chi connectivity index (χ2v) is 6.22. The highest BCUT2D eigenvalue weighted by molar-refractivity contribution is 6.16. The minimum Gasteiger partial charge on any atom is -0.507 e. The number of ether oxygens (including phenoxy) is 1. The fourth-order valence-corrected chi connectivity index (χ4v) is 3.76. The van der Waals surface area contributed by atoms with Crippen LogP contribution in [-0.2, 0) is 24.6 Å². The van der Waals surface area contributed by atoms with E-state index in [0.29, 0.717) is 34.1 Å². The molecule has 7 heteroatoms. The Kier molecular flexibility index (Phi) is 3.22. The molecule has 2 heterocycles. The topological polar surface area (TPSA) is 120 Å². The van der Waals surface area contributed by atoms with Crippen LogP contribution in [0.15, 0.2) is 4.42 Å². The second kappa shape index (κ2) is 5.11. The first-order valence-corrected chi connectivity index (χ1v) is 7.74. The van der Waals surface area contributed by atoms with E-state index in [2.05, 4.69) is 0 Å². The van der Waals surface area contributed by atoms with Crippen LogP contribution in [0, 0.1) is 13.8 Å². The second-order valence-electron chi connectivity index (χ2n) is 6.22. The Morgan fingerprint density at radius 2 is 1.68 bits per heavy atom. The van der Waals surface area contributed by atoms with E-state index in [1.54, 1.807) is 6.92 Å². The van der Waals surface area contributed by atoms with E-state index in [1.807, 2.05) is 6.92 Å². The van der Waals surface area contributed by atoms with Gasteiger partial charge in [-0.25, -0.2) is 4.79 Å². The van der Waals surface area contributed by atoms with Crippen LogP contribution in [0.5, 0.6) is 11.5 Å². The Labute approximate surface area is 141 Å². The maximum absolute atomic E-state index is 11.7. The number of rotatable bonds is 2. The molecule has 130 valence electrons. The van der Waals surface area contributed by atoms with Gasteiger partial charge in [0.25, 0.3) is 0 Å². The van der Waals surface area contributed by atoms with Gasteiger partial charge in [0.2, 0.25) is 0 Å². The van der Waals surface area contributed by atoms with Gasteiger partial charge in [0.15, 0.2) is 11.3 Å². The first-order chi connectivity index (χ1) is 11.9. The van der Waals surface area contributed by atoms with Crippen molar-refractivity contribution in [2.24, 2.45) is 0 Å². The molecule has 1 aliphatic rings. The van der Waals surface area contributed by atoms with Crippen molar-refractivity contribution in [3.63, 3.8) is 0 Å². The normalized spacial score (nSPS) is 13.7.